The van der Waals surface area contributed by atoms with E-state index in [1.165, 1.54) is 48.0 Å². The van der Waals surface area contributed by atoms with Gasteiger partial charge in [0.05, 0.1) is 0 Å². The number of hydrogen-bond acceptors (Lipinski definition) is 0. The summed E-state index contributed by atoms with van der Waals surface area (Å²) in [5.74, 6) is 0. The molecule has 0 N–H and O–H groups in total. The van der Waals surface area contributed by atoms with Crippen LogP contribution in [0.4, 0.5) is 0 Å². The molecule has 2 rings (SSSR count). The third kappa shape index (κ3) is 4.70. The van der Waals surface area contributed by atoms with Gasteiger partial charge in [0.1, 0.15) is 0 Å². The Hall–Kier alpha value is 0.254. The third-order valence-electron chi connectivity index (χ3n) is 5.18. The average Bonchev–Trinajstić information content (AvgIpc) is 3.07. The molecule has 0 aliphatic heterocycles. The van der Waals surface area contributed by atoms with Crippen LogP contribution in [0, 0.1) is 5.41 Å². The molecule has 0 saturated carbocycles. The molecule has 24 heavy (non-hydrogen) atoms. The molecule has 0 fully saturated rings. The predicted molar refractivity (Wildman–Crippen MR) is 104 cm³/mol. The molecule has 132 valence electrons. The van der Waals surface area contributed by atoms with Crippen molar-refractivity contribution >= 4 is 23.2 Å². The predicted octanol–water partition coefficient (Wildman–Crippen LogP) is 8.04. The molecule has 0 radical (unpaired) electrons. The van der Waals surface area contributed by atoms with Gasteiger partial charge in [-0.1, -0.05) is 75.9 Å². The molecular formula is C21H30Cl2Ti. The summed E-state index contributed by atoms with van der Waals surface area (Å²) in [7, 11) is 0. The van der Waals surface area contributed by atoms with Crippen LogP contribution in [0.3, 0.4) is 0 Å². The largest absolute Gasteiger partial charge is 0.0885 e. The first kappa shape index (κ1) is 22.3. The van der Waals surface area contributed by atoms with Crippen LogP contribution >= 0.6 is 23.2 Å². The van der Waals surface area contributed by atoms with Crippen molar-refractivity contribution in [3.8, 4) is 0 Å². The van der Waals surface area contributed by atoms with E-state index >= 15 is 0 Å². The first-order valence-corrected chi connectivity index (χ1v) is 9.86. The number of allylic oxidation sites excluding steroid dienone is 8. The summed E-state index contributed by atoms with van der Waals surface area (Å²) in [4.78, 5) is 0. The van der Waals surface area contributed by atoms with Crippen molar-refractivity contribution < 1.29 is 21.7 Å². The summed E-state index contributed by atoms with van der Waals surface area (Å²) in [5, 5.41) is 2.09. The fourth-order valence-corrected chi connectivity index (χ4v) is 4.37. The summed E-state index contributed by atoms with van der Waals surface area (Å²) < 4.78 is 0. The van der Waals surface area contributed by atoms with Gasteiger partial charge in [-0.05, 0) is 48.0 Å². The molecular weight excluding hydrogens is 371 g/mol. The van der Waals surface area contributed by atoms with Crippen LogP contribution in [0.1, 0.15) is 79.1 Å². The Labute approximate surface area is 173 Å². The average molecular weight is 401 g/mol. The van der Waals surface area contributed by atoms with Gasteiger partial charge in [-0.15, -0.1) is 0 Å². The molecule has 0 saturated heterocycles. The molecule has 0 bridgehead atoms. The number of hydrogen-bond donors (Lipinski definition) is 0. The van der Waals surface area contributed by atoms with Crippen LogP contribution in [0.25, 0.3) is 0 Å². The smallest absolute Gasteiger partial charge is 0.0253 e. The monoisotopic (exact) mass is 400 g/mol. The zero-order valence-electron chi connectivity index (χ0n) is 15.6. The van der Waals surface area contributed by atoms with Crippen LogP contribution in [0.5, 0.6) is 0 Å². The summed E-state index contributed by atoms with van der Waals surface area (Å²) in [5.41, 5.74) is 5.64. The molecule has 0 aromatic heterocycles. The molecule has 3 heteroatoms. The summed E-state index contributed by atoms with van der Waals surface area (Å²) in [6.45, 7) is 9.16. The second-order valence-electron chi connectivity index (χ2n) is 7.24. The van der Waals surface area contributed by atoms with Gasteiger partial charge in [0, 0.05) is 50.0 Å². The minimum Gasteiger partial charge on any atom is -0.0885 e. The Morgan fingerprint density at radius 2 is 1.21 bits per heavy atom. The molecule has 0 unspecified atom stereocenters. The van der Waals surface area contributed by atoms with E-state index in [9.17, 15) is 0 Å². The Kier molecular flexibility index (Phi) is 9.12. The van der Waals surface area contributed by atoms with Gasteiger partial charge in [0.25, 0.3) is 0 Å². The van der Waals surface area contributed by atoms with E-state index in [1.54, 1.807) is 0 Å². The molecule has 0 amide bonds. The fourth-order valence-electron chi connectivity index (χ4n) is 3.83. The summed E-state index contributed by atoms with van der Waals surface area (Å²) >= 11 is 13.1. The maximum absolute atomic E-state index is 6.54. The Morgan fingerprint density at radius 3 is 1.54 bits per heavy atom. The van der Waals surface area contributed by atoms with Crippen molar-refractivity contribution in [2.24, 2.45) is 5.41 Å². The summed E-state index contributed by atoms with van der Waals surface area (Å²) in [6.07, 6.45) is 13.5. The molecule has 0 heterocycles. The summed E-state index contributed by atoms with van der Waals surface area (Å²) in [6, 6.07) is 0. The third-order valence-corrected chi connectivity index (χ3v) is 5.95. The quantitative estimate of drug-likeness (QED) is 0.361. The van der Waals surface area contributed by atoms with Crippen LogP contribution in [-0.4, -0.2) is 0 Å². The van der Waals surface area contributed by atoms with Crippen LogP contribution in [0.2, 0.25) is 0 Å². The standard InChI is InChI=1S/C21H30Cl2.Ti/c1-5-7-9-15-17(11-13-19(15)22)21(3,4)18-12-14-20(23)16(18)10-8-6-2;/h11-12H,5-10,13-14H2,1-4H3;. The van der Waals surface area contributed by atoms with Crippen LogP contribution in [0.15, 0.2) is 44.5 Å². The van der Waals surface area contributed by atoms with E-state index in [0.29, 0.717) is 0 Å². The zero-order chi connectivity index (χ0) is 17.0. The Bertz CT molecular complexity index is 527. The SMILES string of the molecule is CCCCC1=C(Cl)CC=C1C(C)(C)C1=CCC(Cl)=C1CCCC.[Ti]. The number of halogens is 2. The van der Waals surface area contributed by atoms with Crippen molar-refractivity contribution in [1.29, 1.82) is 0 Å². The number of unbranched alkanes of at least 4 members (excludes halogenated alkanes) is 2. The van der Waals surface area contributed by atoms with Gasteiger partial charge in [0.15, 0.2) is 0 Å². The van der Waals surface area contributed by atoms with Crippen molar-refractivity contribution in [3.63, 3.8) is 0 Å². The molecule has 0 nitrogen and oxygen atoms in total. The van der Waals surface area contributed by atoms with E-state index < -0.39 is 0 Å². The molecule has 0 spiro atoms. The van der Waals surface area contributed by atoms with E-state index in [2.05, 4.69) is 39.8 Å². The molecule has 0 aromatic rings. The maximum atomic E-state index is 6.54. The fraction of sp³-hybridized carbons (Fsp3) is 0.619. The van der Waals surface area contributed by atoms with Gasteiger partial charge < -0.3 is 0 Å². The molecule has 0 atom stereocenters. The Balaban J connectivity index is 0.00000288. The topological polar surface area (TPSA) is 0 Å². The van der Waals surface area contributed by atoms with Gasteiger partial charge in [-0.25, -0.2) is 0 Å². The molecule has 0 aromatic carbocycles. The second kappa shape index (κ2) is 9.82. The van der Waals surface area contributed by atoms with Gasteiger partial charge in [-0.3, -0.25) is 0 Å². The maximum Gasteiger partial charge on any atom is 0.0253 e. The van der Waals surface area contributed by atoms with Crippen molar-refractivity contribution in [2.75, 3.05) is 0 Å². The van der Waals surface area contributed by atoms with E-state index in [0.717, 1.165) is 35.7 Å². The van der Waals surface area contributed by atoms with Crippen molar-refractivity contribution in [1.82, 2.24) is 0 Å². The van der Waals surface area contributed by atoms with Gasteiger partial charge in [0.2, 0.25) is 0 Å². The normalized spacial score (nSPS) is 18.1. The van der Waals surface area contributed by atoms with Crippen molar-refractivity contribution in [3.05, 3.63) is 44.5 Å². The number of rotatable bonds is 8. The van der Waals surface area contributed by atoms with Gasteiger partial charge in [-0.2, -0.15) is 0 Å². The van der Waals surface area contributed by atoms with E-state index in [-0.39, 0.29) is 27.1 Å². The van der Waals surface area contributed by atoms with Crippen LogP contribution in [-0.2, 0) is 21.7 Å². The first-order valence-electron chi connectivity index (χ1n) is 9.10. The minimum atomic E-state index is -0.000566. The van der Waals surface area contributed by atoms with Gasteiger partial charge >= 0.3 is 0 Å². The first-order chi connectivity index (χ1) is 10.9. The second-order valence-corrected chi connectivity index (χ2v) is 8.16. The zero-order valence-corrected chi connectivity index (χ0v) is 18.6. The molecule has 2 aliphatic rings. The Morgan fingerprint density at radius 1 is 0.833 bits per heavy atom. The van der Waals surface area contributed by atoms with E-state index in [1.807, 2.05) is 0 Å². The van der Waals surface area contributed by atoms with Crippen LogP contribution < -0.4 is 0 Å². The minimum absolute atomic E-state index is 0. The molecule has 2 aliphatic carbocycles. The van der Waals surface area contributed by atoms with Crippen molar-refractivity contribution in [2.45, 2.75) is 79.1 Å². The van der Waals surface area contributed by atoms with E-state index in [4.69, 9.17) is 23.2 Å².